The van der Waals surface area contributed by atoms with Gasteiger partial charge in [0.05, 0.1) is 6.54 Å². The largest absolute Gasteiger partial charge is 0.350 e. The van der Waals surface area contributed by atoms with Crippen molar-refractivity contribution in [2.75, 3.05) is 5.32 Å². The van der Waals surface area contributed by atoms with Gasteiger partial charge in [-0.05, 0) is 23.6 Å². The minimum atomic E-state index is -0.604. The zero-order valence-electron chi connectivity index (χ0n) is 15.4. The molecular formula is C18H21N7O3. The monoisotopic (exact) mass is 383 g/mol. The Morgan fingerprint density at radius 1 is 1.32 bits per heavy atom. The van der Waals surface area contributed by atoms with Crippen LogP contribution in [0.4, 0.5) is 5.95 Å². The number of hydrogen-bond acceptors (Lipinski definition) is 7. The number of rotatable bonds is 5. The van der Waals surface area contributed by atoms with Gasteiger partial charge < -0.3 is 16.0 Å². The van der Waals surface area contributed by atoms with E-state index in [4.69, 9.17) is 5.73 Å². The lowest BCUT2D eigenvalue weighted by Crippen LogP contribution is -2.52. The Morgan fingerprint density at radius 2 is 2.14 bits per heavy atom. The van der Waals surface area contributed by atoms with Gasteiger partial charge in [-0.25, -0.2) is 4.68 Å². The molecule has 10 heteroatoms. The summed E-state index contributed by atoms with van der Waals surface area (Å²) in [4.78, 5) is 42.1. The highest BCUT2D eigenvalue weighted by atomic mass is 16.2. The lowest BCUT2D eigenvalue weighted by Gasteiger charge is -2.29. The predicted molar refractivity (Wildman–Crippen MR) is 98.7 cm³/mol. The van der Waals surface area contributed by atoms with Crippen LogP contribution in [-0.2, 0) is 36.3 Å². The van der Waals surface area contributed by atoms with Crippen molar-refractivity contribution in [3.8, 4) is 0 Å². The van der Waals surface area contributed by atoms with Gasteiger partial charge in [0.2, 0.25) is 17.8 Å². The third-order valence-corrected chi connectivity index (χ3v) is 5.03. The van der Waals surface area contributed by atoms with Gasteiger partial charge >= 0.3 is 0 Å². The molecule has 28 heavy (non-hydrogen) atoms. The van der Waals surface area contributed by atoms with E-state index in [9.17, 15) is 14.4 Å². The quantitative estimate of drug-likeness (QED) is 0.600. The number of hydrogen-bond donors (Lipinski definition) is 3. The average molecular weight is 383 g/mol. The number of amides is 3. The first-order valence-corrected chi connectivity index (χ1v) is 9.06. The number of nitrogens with one attached hydrogen (secondary N) is 2. The number of nitrogens with zero attached hydrogens (tertiary/aromatic N) is 4. The molecule has 10 nitrogen and oxygen atoms in total. The summed E-state index contributed by atoms with van der Waals surface area (Å²) in [6, 6.07) is 5.06. The van der Waals surface area contributed by atoms with Crippen LogP contribution >= 0.6 is 0 Å². The van der Waals surface area contributed by atoms with Crippen molar-refractivity contribution < 1.29 is 14.4 Å². The molecule has 2 aromatic rings. The van der Waals surface area contributed by atoms with Crippen molar-refractivity contribution in [1.29, 1.82) is 0 Å². The van der Waals surface area contributed by atoms with Crippen LogP contribution in [0, 0.1) is 0 Å². The Morgan fingerprint density at radius 3 is 2.86 bits per heavy atom. The molecule has 1 fully saturated rings. The van der Waals surface area contributed by atoms with E-state index in [1.165, 1.54) is 0 Å². The fourth-order valence-electron chi connectivity index (χ4n) is 3.57. The number of nitrogens with two attached hydrogens (primary N) is 1. The van der Waals surface area contributed by atoms with Crippen molar-refractivity contribution in [3.05, 3.63) is 40.7 Å². The molecule has 2 aliphatic rings. The van der Waals surface area contributed by atoms with Crippen molar-refractivity contribution >= 4 is 23.7 Å². The molecule has 4 rings (SSSR count). The maximum absolute atomic E-state index is 12.8. The molecule has 0 spiro atoms. The van der Waals surface area contributed by atoms with E-state index in [2.05, 4.69) is 20.7 Å². The predicted octanol–water partition coefficient (Wildman–Crippen LogP) is -0.353. The molecule has 3 heterocycles. The molecule has 146 valence electrons. The molecule has 3 amide bonds. The molecule has 0 radical (unpaired) electrons. The van der Waals surface area contributed by atoms with E-state index in [1.807, 2.05) is 18.2 Å². The first kappa shape index (κ1) is 18.1. The number of carbonyl (C=O) groups excluding carboxylic acids is 3. The fourth-order valence-corrected chi connectivity index (χ4v) is 3.57. The molecule has 1 aromatic heterocycles. The molecule has 4 N–H and O–H groups in total. The van der Waals surface area contributed by atoms with E-state index in [1.54, 1.807) is 16.6 Å². The first-order chi connectivity index (χ1) is 13.5. The minimum absolute atomic E-state index is 0.185. The number of piperidine rings is 1. The Bertz CT molecular complexity index is 968. The Balaban J connectivity index is 1.47. The zero-order valence-corrected chi connectivity index (χ0v) is 15.4. The molecule has 0 aliphatic carbocycles. The second-order valence-corrected chi connectivity index (χ2v) is 6.92. The molecule has 1 aromatic carbocycles. The lowest BCUT2D eigenvalue weighted by molar-refractivity contribution is -0.136. The van der Waals surface area contributed by atoms with Gasteiger partial charge in [-0.2, -0.15) is 10.1 Å². The number of aryl methyl sites for hydroxylation is 1. The van der Waals surface area contributed by atoms with Gasteiger partial charge in [-0.3, -0.25) is 19.7 Å². The van der Waals surface area contributed by atoms with Crippen LogP contribution in [0.25, 0.3) is 0 Å². The summed E-state index contributed by atoms with van der Waals surface area (Å²) in [6.07, 6.45) is 0.600. The third kappa shape index (κ3) is 3.22. The molecule has 1 unspecified atom stereocenters. The van der Waals surface area contributed by atoms with Gasteiger partial charge in [0.25, 0.3) is 5.91 Å². The minimum Gasteiger partial charge on any atom is -0.350 e. The fraction of sp³-hybridized carbons (Fsp3) is 0.389. The summed E-state index contributed by atoms with van der Waals surface area (Å²) < 4.78 is 1.62. The summed E-state index contributed by atoms with van der Waals surface area (Å²) >= 11 is 0. The van der Waals surface area contributed by atoms with E-state index in [0.29, 0.717) is 36.8 Å². The maximum Gasteiger partial charge on any atom is 0.255 e. The highest BCUT2D eigenvalue weighted by molar-refractivity contribution is 6.05. The summed E-state index contributed by atoms with van der Waals surface area (Å²) in [5, 5.41) is 9.67. The van der Waals surface area contributed by atoms with Gasteiger partial charge in [0, 0.05) is 32.1 Å². The second kappa shape index (κ2) is 7.04. The molecular weight excluding hydrogens is 362 g/mol. The average Bonchev–Trinajstić information content (AvgIpc) is 3.20. The molecule has 0 saturated carbocycles. The first-order valence-electron chi connectivity index (χ1n) is 9.06. The summed E-state index contributed by atoms with van der Waals surface area (Å²) in [6.45, 7) is 1.10. The van der Waals surface area contributed by atoms with E-state index in [0.717, 1.165) is 11.1 Å². The Kier molecular flexibility index (Phi) is 4.55. The topological polar surface area (TPSA) is 135 Å². The van der Waals surface area contributed by atoms with Crippen LogP contribution in [0.1, 0.15) is 40.2 Å². The second-order valence-electron chi connectivity index (χ2n) is 6.92. The van der Waals surface area contributed by atoms with Crippen LogP contribution in [-0.4, -0.2) is 43.4 Å². The third-order valence-electron chi connectivity index (χ3n) is 5.03. The van der Waals surface area contributed by atoms with Crippen LogP contribution in [0.2, 0.25) is 0 Å². The molecule has 2 aliphatic heterocycles. The van der Waals surface area contributed by atoms with Gasteiger partial charge in [-0.15, -0.1) is 0 Å². The molecule has 0 bridgehead atoms. The summed E-state index contributed by atoms with van der Waals surface area (Å²) in [5.41, 5.74) is 7.93. The molecule has 1 saturated heterocycles. The highest BCUT2D eigenvalue weighted by Gasteiger charge is 2.39. The van der Waals surface area contributed by atoms with Crippen LogP contribution in [0.3, 0.4) is 0 Å². The van der Waals surface area contributed by atoms with Crippen LogP contribution in [0.15, 0.2) is 18.2 Å². The Labute approximate surface area is 161 Å². The standard InChI is InChI=1S/C18H21N7O3/c1-24-18(21-14(7-19)23-24)20-8-10-2-3-11-9-25(17(28)12(11)6-10)13-4-5-15(26)22-16(13)27/h2-3,6,13H,4-5,7-9,19H2,1H3,(H,20,21,23)(H,22,26,27). The number of benzene rings is 1. The van der Waals surface area contributed by atoms with E-state index >= 15 is 0 Å². The number of aromatic nitrogens is 3. The van der Waals surface area contributed by atoms with Crippen molar-refractivity contribution in [2.45, 2.75) is 38.5 Å². The van der Waals surface area contributed by atoms with E-state index < -0.39 is 11.9 Å². The summed E-state index contributed by atoms with van der Waals surface area (Å²) in [7, 11) is 1.78. The van der Waals surface area contributed by atoms with Gasteiger partial charge in [0.15, 0.2) is 5.82 Å². The highest BCUT2D eigenvalue weighted by Crippen LogP contribution is 2.28. The number of imide groups is 1. The Hall–Kier alpha value is -3.27. The maximum atomic E-state index is 12.8. The van der Waals surface area contributed by atoms with Crippen molar-refractivity contribution in [1.82, 2.24) is 25.0 Å². The number of carbonyl (C=O) groups is 3. The number of anilines is 1. The summed E-state index contributed by atoms with van der Waals surface area (Å²) in [5.74, 6) is 0.263. The van der Waals surface area contributed by atoms with Crippen molar-refractivity contribution in [3.63, 3.8) is 0 Å². The van der Waals surface area contributed by atoms with Crippen LogP contribution in [0.5, 0.6) is 0 Å². The lowest BCUT2D eigenvalue weighted by atomic mass is 10.0. The van der Waals surface area contributed by atoms with Gasteiger partial charge in [-0.1, -0.05) is 12.1 Å². The number of fused-ring (bicyclic) bond motifs is 1. The van der Waals surface area contributed by atoms with E-state index in [-0.39, 0.29) is 24.8 Å². The zero-order chi connectivity index (χ0) is 19.8. The molecule has 1 atom stereocenters. The smallest absolute Gasteiger partial charge is 0.255 e. The van der Waals surface area contributed by atoms with Crippen molar-refractivity contribution in [2.24, 2.45) is 12.8 Å². The van der Waals surface area contributed by atoms with Gasteiger partial charge in [0.1, 0.15) is 6.04 Å². The van der Waals surface area contributed by atoms with Crippen LogP contribution < -0.4 is 16.4 Å². The SMILES string of the molecule is Cn1nc(CN)nc1NCc1ccc2c(c1)C(=O)N(C1CCC(=O)NC1=O)C2. The normalized spacial score (nSPS) is 19.0.